The second kappa shape index (κ2) is 17.1. The van der Waals surface area contributed by atoms with Gasteiger partial charge in [-0.25, -0.2) is 0 Å². The lowest BCUT2D eigenvalue weighted by Crippen LogP contribution is -2.61. The molecule has 0 aromatic rings. The molecule has 0 aliphatic rings. The standard InChI is InChI=1S/C20H37IN4O10/c1-14(18(21)35)3-2-4-22-15(32)5-25(6-16(33)23-19(8-26,9-27)10-28)7-17(34)24-20(11-29,12-30)13-31/h14,26-31H,2-13H2,1H3,(H,22,32)(H,23,33)(H,24,34)/t14-/m0/s1. The van der Waals surface area contributed by atoms with Gasteiger partial charge in [-0.1, -0.05) is 6.92 Å². The molecule has 0 aliphatic carbocycles. The highest BCUT2D eigenvalue weighted by Gasteiger charge is 2.33. The summed E-state index contributed by atoms with van der Waals surface area (Å²) in [4.78, 5) is 49.7. The molecule has 204 valence electrons. The summed E-state index contributed by atoms with van der Waals surface area (Å²) >= 11 is 1.70. The largest absolute Gasteiger partial charge is 0.394 e. The number of halogens is 1. The van der Waals surface area contributed by atoms with Crippen molar-refractivity contribution in [1.82, 2.24) is 20.9 Å². The minimum atomic E-state index is -1.71. The minimum Gasteiger partial charge on any atom is -0.394 e. The van der Waals surface area contributed by atoms with Crippen molar-refractivity contribution < 1.29 is 49.8 Å². The smallest absolute Gasteiger partial charge is 0.234 e. The topological polar surface area (TPSA) is 229 Å². The van der Waals surface area contributed by atoms with E-state index in [9.17, 15) is 49.8 Å². The van der Waals surface area contributed by atoms with Crippen LogP contribution < -0.4 is 16.0 Å². The highest BCUT2D eigenvalue weighted by molar-refractivity contribution is 14.1. The van der Waals surface area contributed by atoms with Crippen LogP contribution in [0.25, 0.3) is 0 Å². The lowest BCUT2D eigenvalue weighted by Gasteiger charge is -2.31. The third-order valence-electron chi connectivity index (χ3n) is 5.25. The summed E-state index contributed by atoms with van der Waals surface area (Å²) in [5.41, 5.74) is -3.42. The number of nitrogens with one attached hydrogen (secondary N) is 3. The summed E-state index contributed by atoms with van der Waals surface area (Å²) in [6, 6.07) is 0. The van der Waals surface area contributed by atoms with E-state index < -0.39 is 88.1 Å². The van der Waals surface area contributed by atoms with Crippen LogP contribution in [-0.4, -0.2) is 134 Å². The van der Waals surface area contributed by atoms with Crippen molar-refractivity contribution in [1.29, 1.82) is 0 Å². The van der Waals surface area contributed by atoms with Crippen molar-refractivity contribution in [2.24, 2.45) is 5.92 Å². The first kappa shape index (κ1) is 33.5. The number of amides is 3. The Morgan fingerprint density at radius 2 is 1.11 bits per heavy atom. The molecule has 0 saturated carbocycles. The molecule has 0 unspecified atom stereocenters. The van der Waals surface area contributed by atoms with Gasteiger partial charge in [0.2, 0.25) is 17.7 Å². The van der Waals surface area contributed by atoms with E-state index in [2.05, 4.69) is 16.0 Å². The van der Waals surface area contributed by atoms with Gasteiger partial charge in [-0.2, -0.15) is 0 Å². The third kappa shape index (κ3) is 12.4. The molecule has 0 aromatic carbocycles. The zero-order valence-corrected chi connectivity index (χ0v) is 21.9. The number of aliphatic hydroxyl groups is 6. The first-order valence-electron chi connectivity index (χ1n) is 10.9. The zero-order valence-electron chi connectivity index (χ0n) is 19.7. The monoisotopic (exact) mass is 620 g/mol. The number of rotatable bonds is 19. The van der Waals surface area contributed by atoms with Crippen LogP contribution >= 0.6 is 22.6 Å². The quantitative estimate of drug-likeness (QED) is 0.0379. The van der Waals surface area contributed by atoms with Gasteiger partial charge < -0.3 is 46.6 Å². The molecule has 0 saturated heterocycles. The summed E-state index contributed by atoms with van der Waals surface area (Å²) in [6.07, 6.45) is 1.09. The van der Waals surface area contributed by atoms with Crippen LogP contribution in [0.4, 0.5) is 0 Å². The Labute approximate surface area is 217 Å². The number of hydrogen-bond acceptors (Lipinski definition) is 11. The molecule has 0 rings (SSSR count). The van der Waals surface area contributed by atoms with Crippen molar-refractivity contribution in [2.75, 3.05) is 65.8 Å². The van der Waals surface area contributed by atoms with Gasteiger partial charge in [0, 0.05) is 12.5 Å². The molecule has 0 fully saturated rings. The maximum atomic E-state index is 12.5. The molecule has 0 aliphatic heterocycles. The molecule has 0 spiro atoms. The Bertz CT molecular complexity index is 636. The van der Waals surface area contributed by atoms with Crippen LogP contribution in [0.5, 0.6) is 0 Å². The van der Waals surface area contributed by atoms with Crippen molar-refractivity contribution >= 4 is 44.1 Å². The molecule has 14 nitrogen and oxygen atoms in total. The zero-order chi connectivity index (χ0) is 27.1. The van der Waals surface area contributed by atoms with Gasteiger partial charge in [-0.15, -0.1) is 0 Å². The molecule has 1 atom stereocenters. The summed E-state index contributed by atoms with van der Waals surface area (Å²) in [5.74, 6) is -2.31. The Kier molecular flexibility index (Phi) is 16.4. The van der Waals surface area contributed by atoms with Crippen LogP contribution in [0, 0.1) is 5.92 Å². The van der Waals surface area contributed by atoms with Gasteiger partial charge >= 0.3 is 0 Å². The molecule has 0 aromatic heterocycles. The van der Waals surface area contributed by atoms with E-state index in [1.54, 1.807) is 29.5 Å². The van der Waals surface area contributed by atoms with E-state index >= 15 is 0 Å². The molecule has 0 bridgehead atoms. The Hall–Kier alpha value is -1.47. The molecule has 3 amide bonds. The van der Waals surface area contributed by atoms with E-state index in [4.69, 9.17) is 0 Å². The predicted octanol–water partition coefficient (Wildman–Crippen LogP) is -4.55. The lowest BCUT2D eigenvalue weighted by atomic mass is 10.0. The first-order valence-corrected chi connectivity index (χ1v) is 12.0. The molecule has 9 N–H and O–H groups in total. The average Bonchev–Trinajstić information content (AvgIpc) is 2.83. The highest BCUT2D eigenvalue weighted by Crippen LogP contribution is 2.10. The average molecular weight is 620 g/mol. The minimum absolute atomic E-state index is 0.00607. The third-order valence-corrected chi connectivity index (χ3v) is 6.31. The van der Waals surface area contributed by atoms with E-state index in [1.807, 2.05) is 0 Å². The number of aliphatic hydroxyl groups excluding tert-OH is 6. The fourth-order valence-corrected chi connectivity index (χ4v) is 3.10. The molecular weight excluding hydrogens is 583 g/mol. The van der Waals surface area contributed by atoms with Crippen LogP contribution in [0.1, 0.15) is 19.8 Å². The number of hydrogen-bond donors (Lipinski definition) is 9. The molecule has 0 heterocycles. The van der Waals surface area contributed by atoms with Crippen molar-refractivity contribution in [3.05, 3.63) is 0 Å². The summed E-state index contributed by atoms with van der Waals surface area (Å²) in [7, 11) is 0. The van der Waals surface area contributed by atoms with Gasteiger partial charge in [-0.3, -0.25) is 24.1 Å². The van der Waals surface area contributed by atoms with Crippen LogP contribution in [0.2, 0.25) is 0 Å². The Morgan fingerprint density at radius 3 is 1.46 bits per heavy atom. The van der Waals surface area contributed by atoms with Crippen LogP contribution in [-0.2, 0) is 19.2 Å². The number of nitrogens with zero attached hydrogens (tertiary/aromatic N) is 1. The maximum Gasteiger partial charge on any atom is 0.234 e. The van der Waals surface area contributed by atoms with Gasteiger partial charge in [0.05, 0.1) is 59.3 Å². The second-order valence-corrected chi connectivity index (χ2v) is 9.51. The van der Waals surface area contributed by atoms with Crippen molar-refractivity contribution in [3.8, 4) is 0 Å². The highest BCUT2D eigenvalue weighted by atomic mass is 127. The van der Waals surface area contributed by atoms with Gasteiger partial charge in [0.1, 0.15) is 11.1 Å². The maximum absolute atomic E-state index is 12.5. The fourth-order valence-electron chi connectivity index (χ4n) is 2.79. The summed E-state index contributed by atoms with van der Waals surface area (Å²) in [6.45, 7) is -4.09. The first-order chi connectivity index (χ1) is 16.5. The number of carbonyl (C=O) groups excluding carboxylic acids is 4. The van der Waals surface area contributed by atoms with E-state index in [-0.39, 0.29) is 16.3 Å². The van der Waals surface area contributed by atoms with E-state index in [0.29, 0.717) is 12.8 Å². The molecular formula is C20H37IN4O10. The summed E-state index contributed by atoms with van der Waals surface area (Å²) < 4.78 is 0.00607. The molecule has 35 heavy (non-hydrogen) atoms. The second-order valence-electron chi connectivity index (χ2n) is 8.45. The van der Waals surface area contributed by atoms with Crippen molar-refractivity contribution in [2.45, 2.75) is 30.8 Å². The predicted molar refractivity (Wildman–Crippen MR) is 131 cm³/mol. The normalized spacial score (nSPS) is 12.8. The van der Waals surface area contributed by atoms with Gasteiger partial charge in [0.25, 0.3) is 0 Å². The molecule has 15 heteroatoms. The van der Waals surface area contributed by atoms with Crippen LogP contribution in [0.15, 0.2) is 0 Å². The number of carbonyl (C=O) groups is 4. The van der Waals surface area contributed by atoms with Gasteiger partial charge in [0.15, 0.2) is 3.79 Å². The Balaban J connectivity index is 5.24. The van der Waals surface area contributed by atoms with Crippen LogP contribution in [0.3, 0.4) is 0 Å². The van der Waals surface area contributed by atoms with Gasteiger partial charge in [-0.05, 0) is 35.4 Å². The summed E-state index contributed by atoms with van der Waals surface area (Å²) in [5, 5.41) is 63.5. The van der Waals surface area contributed by atoms with E-state index in [0.717, 1.165) is 4.90 Å². The Morgan fingerprint density at radius 1 is 0.743 bits per heavy atom. The lowest BCUT2D eigenvalue weighted by molar-refractivity contribution is -0.131. The molecule has 0 radical (unpaired) electrons. The fraction of sp³-hybridized carbons (Fsp3) is 0.800. The van der Waals surface area contributed by atoms with Crippen molar-refractivity contribution in [3.63, 3.8) is 0 Å². The van der Waals surface area contributed by atoms with E-state index in [1.165, 1.54) is 0 Å². The SMILES string of the molecule is C[C@@H](CCCNC(=O)CN(CC(=O)NC(CO)(CO)CO)CC(=O)NC(CO)(CO)CO)C(=O)I.